The molecule has 0 spiro atoms. The lowest BCUT2D eigenvalue weighted by Gasteiger charge is -2.71. The van der Waals surface area contributed by atoms with Crippen molar-refractivity contribution < 1.29 is 49.4 Å². The molecule has 8 aromatic carbocycles. The highest BCUT2D eigenvalue weighted by Gasteiger charge is 2.94. The van der Waals surface area contributed by atoms with E-state index in [2.05, 4.69) is 354 Å². The number of hydrogen-bond acceptors (Lipinski definition) is 12. The van der Waals surface area contributed by atoms with Crippen LogP contribution >= 0.6 is 0 Å². The Balaban J connectivity index is 1.34. The second-order valence-corrected chi connectivity index (χ2v) is 128. The predicted octanol–water partition coefficient (Wildman–Crippen LogP) is 11.8. The van der Waals surface area contributed by atoms with Crippen molar-refractivity contribution in [1.82, 2.24) is 0 Å². The maximum atomic E-state index is 9.54. The monoisotopic (exact) mass is 1610 g/mol. The van der Waals surface area contributed by atoms with Crippen molar-refractivity contribution in [2.24, 2.45) is 0 Å². The van der Waals surface area contributed by atoms with Crippen molar-refractivity contribution in [3.05, 3.63) is 239 Å². The lowest BCUT2D eigenvalue weighted by molar-refractivity contribution is 0.00703. The first-order valence-corrected chi connectivity index (χ1v) is 81.3. The minimum Gasteiger partial charge on any atom is -0.379 e. The Hall–Kier alpha value is -3.25. The zero-order chi connectivity index (χ0) is 72.4. The Bertz CT molecular complexity index is 3480. The molecule has 6 aliphatic rings. The summed E-state index contributed by atoms with van der Waals surface area (Å²) < 4.78 is 114. The first-order chi connectivity index (χ1) is 46.5. The maximum Gasteiger partial charge on any atom is 0.453 e. The smallest absolute Gasteiger partial charge is 0.379 e. The fraction of sp³-hybridized carbons (Fsp3) is 0.333. The standard InChI is InChI=1S/C72H104O12Si16/c1-57-25-41-65(42-26-57)85(9,10)93-73-94(86(11,12)66-43-27-58(2)28-44-66)76-97(89(17,18)69-49-33-61(5)34-50-69)78-95(74-93,87(13,14)67-45-29-59(3)30-46-67)80-99(91(21,22)71-53-37-63(7)38-54-71)81-96(75-93,88(15,16)68-47-31-60(4)32-48-68)79-98(77-94,90(19,20)70-51-35-62(6)36-52-70)83-100(82-97,84-99)92(23,24)72-55-39-64(8)40-56-72/h25-56H,1-24H3. The van der Waals surface area contributed by atoms with Gasteiger partial charge < -0.3 is 49.4 Å². The third-order valence-electron chi connectivity index (χ3n) is 23.5. The summed E-state index contributed by atoms with van der Waals surface area (Å²) in [6.07, 6.45) is 0. The van der Waals surface area contributed by atoms with Crippen molar-refractivity contribution in [2.75, 3.05) is 0 Å². The van der Waals surface area contributed by atoms with Gasteiger partial charge in [0.2, 0.25) is 0 Å². The molecule has 100 heavy (non-hydrogen) atoms. The van der Waals surface area contributed by atoms with Gasteiger partial charge in [0.25, 0.3) is 0 Å². The van der Waals surface area contributed by atoms with Gasteiger partial charge in [0.1, 0.15) is 0 Å². The molecular weight excluding hydrogens is 1510 g/mol. The summed E-state index contributed by atoms with van der Waals surface area (Å²) in [5.74, 6) is 0. The van der Waals surface area contributed by atoms with E-state index in [1.54, 1.807) is 0 Å². The van der Waals surface area contributed by atoms with Crippen LogP contribution in [0.5, 0.6) is 0 Å². The van der Waals surface area contributed by atoms with E-state index in [1.165, 1.54) is 0 Å². The van der Waals surface area contributed by atoms with Gasteiger partial charge >= 0.3 is 66.6 Å². The molecule has 8 bridgehead atoms. The minimum absolute atomic E-state index is 1.09. The highest BCUT2D eigenvalue weighted by atomic mass is 29.4. The molecule has 12 nitrogen and oxygen atoms in total. The zero-order valence-electron chi connectivity index (χ0n) is 63.4. The van der Waals surface area contributed by atoms with Crippen LogP contribution in [0, 0.1) is 55.4 Å². The van der Waals surface area contributed by atoms with Crippen LogP contribution in [0.4, 0.5) is 0 Å². The van der Waals surface area contributed by atoms with Crippen molar-refractivity contribution in [1.29, 1.82) is 0 Å². The van der Waals surface area contributed by atoms with Gasteiger partial charge in [0, 0.05) is 0 Å². The molecule has 6 aliphatic heterocycles. The average Bonchev–Trinajstić information content (AvgIpc) is 0.645. The summed E-state index contributed by atoms with van der Waals surface area (Å²) in [5, 5.41) is 8.73. The van der Waals surface area contributed by atoms with Crippen molar-refractivity contribution in [2.45, 2.75) is 160 Å². The van der Waals surface area contributed by atoms with Crippen LogP contribution in [0.25, 0.3) is 0 Å². The fourth-order valence-electron chi connectivity index (χ4n) is 14.9. The van der Waals surface area contributed by atoms with E-state index in [1.807, 2.05) is 0 Å². The Morgan fingerprint density at radius 3 is 0.280 bits per heavy atom. The van der Waals surface area contributed by atoms with E-state index in [0.29, 0.717) is 0 Å². The molecule has 0 radical (unpaired) electrons. The van der Waals surface area contributed by atoms with Crippen LogP contribution in [0.2, 0.25) is 105 Å². The van der Waals surface area contributed by atoms with Gasteiger partial charge in [-0.1, -0.05) is 385 Å². The largest absolute Gasteiger partial charge is 0.453 e. The molecule has 0 unspecified atom stereocenters. The molecule has 0 amide bonds. The highest BCUT2D eigenvalue weighted by Crippen LogP contribution is 2.58. The van der Waals surface area contributed by atoms with Gasteiger partial charge in [0.15, 0.2) is 60.7 Å². The van der Waals surface area contributed by atoms with Gasteiger partial charge in [-0.05, 0) is 55.4 Å². The molecule has 0 atom stereocenters. The van der Waals surface area contributed by atoms with Gasteiger partial charge in [-0.3, -0.25) is 0 Å². The Kier molecular flexibility index (Phi) is 18.9. The van der Waals surface area contributed by atoms with Crippen molar-refractivity contribution in [3.63, 3.8) is 0 Å². The van der Waals surface area contributed by atoms with E-state index in [0.717, 1.165) is 86.0 Å². The van der Waals surface area contributed by atoms with E-state index in [9.17, 15) is 49.4 Å². The summed E-state index contributed by atoms with van der Waals surface area (Å²) in [6.45, 7) is 55.7. The molecule has 0 aromatic heterocycles. The van der Waals surface area contributed by atoms with E-state index >= 15 is 0 Å². The highest BCUT2D eigenvalue weighted by molar-refractivity contribution is 7.62. The summed E-state index contributed by atoms with van der Waals surface area (Å²) in [5.41, 5.74) is 9.11. The first kappa shape index (κ1) is 75.0. The van der Waals surface area contributed by atoms with Crippen LogP contribution in [0.1, 0.15) is 44.5 Å². The third kappa shape index (κ3) is 11.5. The number of aryl methyl sites for hydroxylation is 8. The molecule has 0 aliphatic carbocycles. The second kappa shape index (κ2) is 25.2. The van der Waals surface area contributed by atoms with Gasteiger partial charge in [0.05, 0.1) is 0 Å². The molecule has 528 valence electrons. The fourth-order valence-corrected chi connectivity index (χ4v) is 188. The van der Waals surface area contributed by atoms with Gasteiger partial charge in [-0.25, -0.2) is 0 Å². The van der Waals surface area contributed by atoms with E-state index < -0.39 is 127 Å². The van der Waals surface area contributed by atoms with Crippen LogP contribution in [0.15, 0.2) is 194 Å². The molecule has 14 rings (SSSR count). The van der Waals surface area contributed by atoms with Crippen LogP contribution < -0.4 is 41.5 Å². The Labute approximate surface area is 611 Å². The Morgan fingerprint density at radius 2 is 0.210 bits per heavy atom. The predicted molar refractivity (Wildman–Crippen MR) is 445 cm³/mol. The van der Waals surface area contributed by atoms with Crippen molar-refractivity contribution >= 4 is 169 Å². The zero-order valence-corrected chi connectivity index (χ0v) is 79.4. The average molecular weight is 1610 g/mol. The number of rotatable bonds is 16. The quantitative estimate of drug-likeness (QED) is 0.0859. The van der Waals surface area contributed by atoms with E-state index in [-0.39, 0.29) is 0 Å². The molecule has 0 N–H and O–H groups in total. The van der Waals surface area contributed by atoms with Gasteiger partial charge in [-0.15, -0.1) is 0 Å². The third-order valence-corrected chi connectivity index (χ3v) is 142. The second-order valence-electron chi connectivity index (χ2n) is 33.6. The maximum absolute atomic E-state index is 9.54. The lowest BCUT2D eigenvalue weighted by atomic mass is 10.2. The molecule has 8 aromatic rings. The van der Waals surface area contributed by atoms with E-state index in [4.69, 9.17) is 0 Å². The first-order valence-electron chi connectivity index (χ1n) is 35.5. The SMILES string of the molecule is Cc1ccc([Si](C)(C)[Si]23O[Si]4([Si](C)(C)c5ccc(C)cc5)O[Si]5([Si](C)(C)c6ccc(C)cc6)O[Si]([Si](C)(C)c6ccc(C)cc6)(O2)O[Si]2([Si](C)(C)c6ccc(C)cc6)O[Si]([Si](C)(C)c6ccc(C)cc6)(O3)O[Si]([Si](C)(C)c3ccc(C)cc3)(O4)O[Si]([Si](C)(C)c3ccc(C)cc3)(O5)O2)cc1. The lowest BCUT2D eigenvalue weighted by Crippen LogP contribution is -3.04. The van der Waals surface area contributed by atoms with Crippen LogP contribution in [-0.2, 0) is 49.4 Å². The van der Waals surface area contributed by atoms with Crippen LogP contribution in [-0.4, -0.2) is 127 Å². The number of hydrogen-bond donors (Lipinski definition) is 0. The molecule has 28 heteroatoms. The normalized spacial score (nSPS) is 28.2. The Morgan fingerprint density at radius 1 is 0.140 bits per heavy atom. The summed E-state index contributed by atoms with van der Waals surface area (Å²) in [6, 6.07) is 72.3. The van der Waals surface area contributed by atoms with Crippen LogP contribution in [0.3, 0.4) is 0 Å². The molecule has 6 heterocycles. The number of benzene rings is 8. The molecular formula is C72H104O12Si16. The molecule has 6 saturated heterocycles. The topological polar surface area (TPSA) is 111 Å². The van der Waals surface area contributed by atoms with Crippen molar-refractivity contribution in [3.8, 4) is 0 Å². The summed E-state index contributed by atoms with van der Waals surface area (Å²) in [7, 11) is -68.6. The molecule has 6 fully saturated rings. The van der Waals surface area contributed by atoms with Gasteiger partial charge in [-0.2, -0.15) is 0 Å². The summed E-state index contributed by atoms with van der Waals surface area (Å²) >= 11 is 0. The molecule has 0 saturated carbocycles. The summed E-state index contributed by atoms with van der Waals surface area (Å²) in [4.78, 5) is 0. The minimum atomic E-state index is -4.92.